The van der Waals surface area contributed by atoms with Crippen LogP contribution in [0.2, 0.25) is 0 Å². The third-order valence-electron chi connectivity index (χ3n) is 0. The van der Waals surface area contributed by atoms with Crippen LogP contribution >= 0.6 is 0 Å². The van der Waals surface area contributed by atoms with E-state index in [-0.39, 0.29) is 75.5 Å². The number of rotatable bonds is 0. The first-order valence-corrected chi connectivity index (χ1v) is 0.928. The molecular formula is C2H8Ca2O2. The number of carboxylic acid groups (broad SMARTS) is 1. The molecule has 0 saturated carbocycles. The summed E-state index contributed by atoms with van der Waals surface area (Å²) in [4.78, 5) is 9.00. The average Bonchev–Trinajstić information content (AvgIpc) is 0.811. The van der Waals surface area contributed by atoms with Gasteiger partial charge in [0, 0.05) is 6.92 Å². The Balaban J connectivity index is -0.0000000450. The van der Waals surface area contributed by atoms with E-state index in [0.29, 0.717) is 0 Å². The Morgan fingerprint density at radius 1 is 1.50 bits per heavy atom. The Morgan fingerprint density at radius 3 is 1.50 bits per heavy atom. The zero-order valence-electron chi connectivity index (χ0n) is 2.36. The van der Waals surface area contributed by atoms with E-state index in [1.54, 1.807) is 0 Å². The number of aliphatic carboxylic acids is 1. The summed E-state index contributed by atoms with van der Waals surface area (Å²) in [6.07, 6.45) is 0. The second-order valence-corrected chi connectivity index (χ2v) is 0.519. The van der Waals surface area contributed by atoms with Crippen LogP contribution in [0.3, 0.4) is 0 Å². The van der Waals surface area contributed by atoms with Crippen molar-refractivity contribution in [2.45, 2.75) is 6.92 Å². The van der Waals surface area contributed by atoms with Crippen molar-refractivity contribution in [3.8, 4) is 0 Å². The van der Waals surface area contributed by atoms with Crippen LogP contribution in [0.15, 0.2) is 0 Å². The van der Waals surface area contributed by atoms with Gasteiger partial charge in [-0.3, -0.25) is 4.79 Å². The van der Waals surface area contributed by atoms with E-state index < -0.39 is 5.97 Å². The molecule has 0 rings (SSSR count). The van der Waals surface area contributed by atoms with E-state index in [0.717, 1.165) is 6.92 Å². The van der Waals surface area contributed by atoms with Gasteiger partial charge < -0.3 is 5.11 Å². The Kier molecular flexibility index (Phi) is 26.3. The van der Waals surface area contributed by atoms with E-state index in [4.69, 9.17) is 9.90 Å². The summed E-state index contributed by atoms with van der Waals surface area (Å²) in [5.41, 5.74) is 0. The molecule has 0 aliphatic carbocycles. The topological polar surface area (TPSA) is 37.3 Å². The SMILES string of the molecule is CC(=O)O.[CaH2].[CaH2]. The molecule has 0 amide bonds. The third kappa shape index (κ3) is 37.7. The molecule has 0 aromatic heterocycles. The molecule has 0 unspecified atom stereocenters. The number of hydrogen-bond donors (Lipinski definition) is 1. The average molecular weight is 144 g/mol. The molecule has 4 heteroatoms. The van der Waals surface area contributed by atoms with Crippen molar-refractivity contribution in [3.05, 3.63) is 0 Å². The van der Waals surface area contributed by atoms with Gasteiger partial charge in [0.05, 0.1) is 0 Å². The molecule has 0 aliphatic rings. The molecule has 0 bridgehead atoms. The van der Waals surface area contributed by atoms with Crippen LogP contribution in [0.25, 0.3) is 0 Å². The van der Waals surface area contributed by atoms with Gasteiger partial charge in [-0.1, -0.05) is 0 Å². The predicted octanol–water partition coefficient (Wildman–Crippen LogP) is -1.74. The number of carboxylic acids is 1. The molecule has 6 heavy (non-hydrogen) atoms. The summed E-state index contributed by atoms with van der Waals surface area (Å²) in [6, 6.07) is 0. The zero-order chi connectivity index (χ0) is 3.58. The molecule has 0 spiro atoms. The molecule has 0 aliphatic heterocycles. The van der Waals surface area contributed by atoms with Gasteiger partial charge in [0.2, 0.25) is 0 Å². The van der Waals surface area contributed by atoms with Crippen LogP contribution in [-0.4, -0.2) is 86.6 Å². The van der Waals surface area contributed by atoms with Gasteiger partial charge >= 0.3 is 75.5 Å². The molecule has 0 aromatic carbocycles. The normalized spacial score (nSPS) is 4.17. The summed E-state index contributed by atoms with van der Waals surface area (Å²) >= 11 is 0. The fraction of sp³-hybridized carbons (Fsp3) is 0.500. The molecule has 0 aromatic rings. The number of hydrogen-bond acceptors (Lipinski definition) is 1. The predicted molar refractivity (Wildman–Crippen MR) is 30.4 cm³/mol. The van der Waals surface area contributed by atoms with Crippen molar-refractivity contribution in [2.75, 3.05) is 0 Å². The van der Waals surface area contributed by atoms with Crippen molar-refractivity contribution in [1.29, 1.82) is 0 Å². The second-order valence-electron chi connectivity index (χ2n) is 0.519. The molecule has 32 valence electrons. The maximum atomic E-state index is 9.00. The minimum absolute atomic E-state index is 0. The van der Waals surface area contributed by atoms with Crippen LogP contribution < -0.4 is 0 Å². The van der Waals surface area contributed by atoms with Crippen molar-refractivity contribution in [1.82, 2.24) is 0 Å². The Morgan fingerprint density at radius 2 is 1.50 bits per heavy atom. The fourth-order valence-corrected chi connectivity index (χ4v) is 0. The first-order chi connectivity index (χ1) is 1.73. The Hall–Kier alpha value is 1.99. The van der Waals surface area contributed by atoms with Crippen molar-refractivity contribution in [3.63, 3.8) is 0 Å². The van der Waals surface area contributed by atoms with Crippen molar-refractivity contribution < 1.29 is 9.90 Å². The second kappa shape index (κ2) is 10.1. The van der Waals surface area contributed by atoms with Crippen molar-refractivity contribution in [2.24, 2.45) is 0 Å². The van der Waals surface area contributed by atoms with E-state index in [1.165, 1.54) is 0 Å². The summed E-state index contributed by atoms with van der Waals surface area (Å²) in [5.74, 6) is -0.833. The molecular weight excluding hydrogens is 136 g/mol. The van der Waals surface area contributed by atoms with Gasteiger partial charge in [-0.15, -0.1) is 0 Å². The molecule has 0 radical (unpaired) electrons. The minimum atomic E-state index is -0.833. The third-order valence-corrected chi connectivity index (χ3v) is 0. The van der Waals surface area contributed by atoms with Crippen molar-refractivity contribution >= 4 is 81.4 Å². The maximum absolute atomic E-state index is 9.00. The summed E-state index contributed by atoms with van der Waals surface area (Å²) in [5, 5.41) is 7.42. The van der Waals surface area contributed by atoms with E-state index >= 15 is 0 Å². The van der Waals surface area contributed by atoms with Crippen LogP contribution in [0.1, 0.15) is 6.92 Å². The first-order valence-electron chi connectivity index (χ1n) is 0.928. The Labute approximate surface area is 96.3 Å². The van der Waals surface area contributed by atoms with Crippen LogP contribution in [0.4, 0.5) is 0 Å². The molecule has 0 fully saturated rings. The first kappa shape index (κ1) is 15.7. The van der Waals surface area contributed by atoms with Crippen LogP contribution in [0, 0.1) is 0 Å². The van der Waals surface area contributed by atoms with Crippen LogP contribution in [-0.2, 0) is 4.79 Å². The molecule has 2 nitrogen and oxygen atoms in total. The van der Waals surface area contributed by atoms with Gasteiger partial charge in [0.15, 0.2) is 0 Å². The molecule has 1 N–H and O–H groups in total. The standard InChI is InChI=1S/C2H4O2.2Ca.4H/c1-2(3)4;;;;;;/h1H3,(H,3,4);;;;;;. The monoisotopic (exact) mass is 144 g/mol. The van der Waals surface area contributed by atoms with Gasteiger partial charge in [0.1, 0.15) is 0 Å². The van der Waals surface area contributed by atoms with E-state index in [1.807, 2.05) is 0 Å². The molecule has 0 atom stereocenters. The Bertz CT molecular complexity index is 32.5. The van der Waals surface area contributed by atoms with Crippen LogP contribution in [0.5, 0.6) is 0 Å². The molecule has 0 saturated heterocycles. The fourth-order valence-electron chi connectivity index (χ4n) is 0. The summed E-state index contributed by atoms with van der Waals surface area (Å²) < 4.78 is 0. The van der Waals surface area contributed by atoms with Gasteiger partial charge in [-0.25, -0.2) is 0 Å². The summed E-state index contributed by atoms with van der Waals surface area (Å²) in [7, 11) is 0. The van der Waals surface area contributed by atoms with Gasteiger partial charge in [0.25, 0.3) is 5.97 Å². The molecule has 0 heterocycles. The zero-order valence-corrected chi connectivity index (χ0v) is 2.36. The summed E-state index contributed by atoms with van der Waals surface area (Å²) in [6.45, 7) is 1.08. The van der Waals surface area contributed by atoms with Gasteiger partial charge in [-0.05, 0) is 0 Å². The van der Waals surface area contributed by atoms with E-state index in [9.17, 15) is 0 Å². The van der Waals surface area contributed by atoms with Gasteiger partial charge in [-0.2, -0.15) is 0 Å². The quantitative estimate of drug-likeness (QED) is 0.410. The van der Waals surface area contributed by atoms with E-state index in [2.05, 4.69) is 0 Å². The number of carbonyl (C=O) groups is 1.